The minimum Gasteiger partial charge on any atom is -0.450 e. The molecule has 9 nitrogen and oxygen atoms in total. The lowest BCUT2D eigenvalue weighted by Crippen LogP contribution is -2.49. The van der Waals surface area contributed by atoms with E-state index < -0.39 is 37.3 Å². The van der Waals surface area contributed by atoms with Gasteiger partial charge < -0.3 is 29.4 Å². The third kappa shape index (κ3) is 7.65. The summed E-state index contributed by atoms with van der Waals surface area (Å²) in [4.78, 5) is 16.8. The zero-order chi connectivity index (χ0) is 32.4. The summed E-state index contributed by atoms with van der Waals surface area (Å²) in [6, 6.07) is 9.50. The quantitative estimate of drug-likeness (QED) is 0.132. The first-order valence-corrected chi connectivity index (χ1v) is 18.1. The number of nitriles is 1. The van der Waals surface area contributed by atoms with Crippen molar-refractivity contribution in [3.05, 3.63) is 71.8 Å². The maximum Gasteiger partial charge on any atom is 0.319 e. The van der Waals surface area contributed by atoms with E-state index in [1.165, 1.54) is 24.4 Å². The Labute approximate surface area is 259 Å². The topological polar surface area (TPSA) is 110 Å². The highest BCUT2D eigenvalue weighted by molar-refractivity contribution is 6.76. The molecule has 0 aliphatic carbocycles. The molecular formula is C32H34F3N5O4Si. The van der Waals surface area contributed by atoms with Gasteiger partial charge in [0.15, 0.2) is 17.4 Å². The molecule has 3 heterocycles. The van der Waals surface area contributed by atoms with Gasteiger partial charge in [-0.25, -0.2) is 22.9 Å². The van der Waals surface area contributed by atoms with Crippen molar-refractivity contribution in [3.8, 4) is 28.7 Å². The molecule has 236 valence electrons. The largest absolute Gasteiger partial charge is 0.450 e. The summed E-state index contributed by atoms with van der Waals surface area (Å²) in [5.74, 6) is -3.38. The van der Waals surface area contributed by atoms with E-state index in [-0.39, 0.29) is 29.1 Å². The molecule has 2 aromatic heterocycles. The summed E-state index contributed by atoms with van der Waals surface area (Å²) >= 11 is 0. The Morgan fingerprint density at radius 3 is 2.53 bits per heavy atom. The minimum absolute atomic E-state index is 0.0471. The Bertz CT molecular complexity index is 1760. The molecule has 0 bridgehead atoms. The van der Waals surface area contributed by atoms with Crippen molar-refractivity contribution < 1.29 is 32.2 Å². The molecule has 0 unspecified atom stereocenters. The number of carbonyl (C=O) groups is 1. The summed E-state index contributed by atoms with van der Waals surface area (Å²) in [5, 5.41) is 14.9. The molecule has 1 aliphatic rings. The lowest BCUT2D eigenvalue weighted by atomic mass is 9.89. The van der Waals surface area contributed by atoms with Crippen molar-refractivity contribution in [2.24, 2.45) is 5.41 Å². The van der Waals surface area contributed by atoms with Gasteiger partial charge in [-0.1, -0.05) is 26.6 Å². The number of urea groups is 1. The highest BCUT2D eigenvalue weighted by Gasteiger charge is 2.33. The van der Waals surface area contributed by atoms with Crippen LogP contribution < -0.4 is 15.4 Å². The lowest BCUT2D eigenvalue weighted by molar-refractivity contribution is -0.0974. The number of anilines is 1. The fourth-order valence-corrected chi connectivity index (χ4v) is 5.56. The third-order valence-corrected chi connectivity index (χ3v) is 9.03. The van der Waals surface area contributed by atoms with Crippen molar-refractivity contribution in [1.82, 2.24) is 14.9 Å². The van der Waals surface area contributed by atoms with Gasteiger partial charge in [0.2, 0.25) is 0 Å². The fraction of sp³-hybridized carbons (Fsp3) is 0.344. The second kappa shape index (κ2) is 12.9. The van der Waals surface area contributed by atoms with Gasteiger partial charge in [-0.05, 0) is 35.9 Å². The fourth-order valence-electron chi connectivity index (χ4n) is 4.80. The van der Waals surface area contributed by atoms with Gasteiger partial charge in [-0.2, -0.15) is 5.26 Å². The van der Waals surface area contributed by atoms with E-state index in [1.54, 1.807) is 10.8 Å². The van der Waals surface area contributed by atoms with Gasteiger partial charge in [-0.15, -0.1) is 0 Å². The van der Waals surface area contributed by atoms with Crippen LogP contribution in [0.25, 0.3) is 22.2 Å². The highest BCUT2D eigenvalue weighted by Crippen LogP contribution is 2.40. The Kier molecular flexibility index (Phi) is 9.20. The predicted molar refractivity (Wildman–Crippen MR) is 166 cm³/mol. The lowest BCUT2D eigenvalue weighted by Gasteiger charge is -2.37. The van der Waals surface area contributed by atoms with Gasteiger partial charge in [0.25, 0.3) is 0 Å². The van der Waals surface area contributed by atoms with Crippen LogP contribution in [0, 0.1) is 34.2 Å². The molecule has 2 aromatic carbocycles. The van der Waals surface area contributed by atoms with Crippen LogP contribution in [-0.2, 0) is 16.2 Å². The second-order valence-electron chi connectivity index (χ2n) is 12.7. The van der Waals surface area contributed by atoms with Crippen LogP contribution in [0.3, 0.4) is 0 Å². The molecule has 4 aromatic rings. The normalized spacial score (nSPS) is 14.1. The van der Waals surface area contributed by atoms with Crippen LogP contribution in [-0.4, -0.2) is 50.0 Å². The van der Waals surface area contributed by atoms with E-state index in [1.807, 2.05) is 13.0 Å². The van der Waals surface area contributed by atoms with Gasteiger partial charge in [0.1, 0.15) is 23.9 Å². The van der Waals surface area contributed by atoms with E-state index in [9.17, 15) is 14.4 Å². The molecular weight excluding hydrogens is 603 g/mol. The number of amides is 2. The first-order chi connectivity index (χ1) is 21.3. The number of aromatic nitrogens is 2. The van der Waals surface area contributed by atoms with Crippen LogP contribution in [0.5, 0.6) is 11.5 Å². The van der Waals surface area contributed by atoms with E-state index in [0.29, 0.717) is 48.5 Å². The molecule has 1 fully saturated rings. The summed E-state index contributed by atoms with van der Waals surface area (Å²) in [6.45, 7) is 10.7. The number of benzene rings is 2. The molecule has 0 saturated carbocycles. The van der Waals surface area contributed by atoms with Gasteiger partial charge in [0.05, 0.1) is 30.2 Å². The van der Waals surface area contributed by atoms with Crippen LogP contribution in [0.4, 0.5) is 23.7 Å². The Morgan fingerprint density at radius 1 is 1.16 bits per heavy atom. The number of hydrogen-bond donors (Lipinski definition) is 2. The zero-order valence-electron chi connectivity index (χ0n) is 25.5. The average Bonchev–Trinajstić information content (AvgIpc) is 3.33. The van der Waals surface area contributed by atoms with Crippen molar-refractivity contribution in [2.45, 2.75) is 39.3 Å². The van der Waals surface area contributed by atoms with Crippen LogP contribution in [0.15, 0.2) is 48.8 Å². The molecule has 1 saturated heterocycles. The monoisotopic (exact) mass is 637 g/mol. The van der Waals surface area contributed by atoms with E-state index >= 15 is 8.78 Å². The molecule has 13 heteroatoms. The van der Waals surface area contributed by atoms with Gasteiger partial charge >= 0.3 is 6.03 Å². The van der Waals surface area contributed by atoms with E-state index in [0.717, 1.165) is 24.2 Å². The van der Waals surface area contributed by atoms with Crippen LogP contribution in [0.2, 0.25) is 25.7 Å². The SMILES string of the molecule is CC1(CNC(=O)Nc2cc(F)c(Oc3ccnc4c3c(-c3cc(F)cc(C#N)c3)cn4COCC[Si](C)(C)C)c(F)c2)COC1. The smallest absolute Gasteiger partial charge is 0.319 e. The second-order valence-corrected chi connectivity index (χ2v) is 18.3. The number of fused-ring (bicyclic) bond motifs is 1. The molecule has 2 N–H and O–H groups in total. The first-order valence-electron chi connectivity index (χ1n) is 14.4. The number of pyridine rings is 1. The highest BCUT2D eigenvalue weighted by atomic mass is 28.3. The summed E-state index contributed by atoms with van der Waals surface area (Å²) < 4.78 is 63.7. The maximum absolute atomic E-state index is 15.3. The summed E-state index contributed by atoms with van der Waals surface area (Å²) in [6.07, 6.45) is 3.11. The number of nitrogens with zero attached hydrogens (tertiary/aromatic N) is 3. The molecule has 2 amide bonds. The molecule has 45 heavy (non-hydrogen) atoms. The minimum atomic E-state index is -1.35. The molecule has 0 atom stereocenters. The van der Waals surface area contributed by atoms with Gasteiger partial charge in [0, 0.05) is 62.4 Å². The number of carbonyl (C=O) groups excluding carboxylic acids is 1. The summed E-state index contributed by atoms with van der Waals surface area (Å²) in [7, 11) is -1.35. The van der Waals surface area contributed by atoms with Gasteiger partial charge in [-0.3, -0.25) is 0 Å². The first kappa shape index (κ1) is 32.0. The Morgan fingerprint density at radius 2 is 1.89 bits per heavy atom. The van der Waals surface area contributed by atoms with Crippen molar-refractivity contribution >= 4 is 30.8 Å². The molecule has 0 spiro atoms. The van der Waals surface area contributed by atoms with Crippen molar-refractivity contribution in [2.75, 3.05) is 31.7 Å². The van der Waals surface area contributed by atoms with Crippen molar-refractivity contribution in [1.29, 1.82) is 5.26 Å². The number of halogens is 3. The van der Waals surface area contributed by atoms with E-state index in [4.69, 9.17) is 14.2 Å². The number of ether oxygens (including phenoxy) is 3. The third-order valence-electron chi connectivity index (χ3n) is 7.33. The van der Waals surface area contributed by atoms with Crippen LogP contribution in [0.1, 0.15) is 12.5 Å². The number of rotatable bonds is 11. The molecule has 1 aliphatic heterocycles. The van der Waals surface area contributed by atoms with E-state index in [2.05, 4.69) is 35.3 Å². The van der Waals surface area contributed by atoms with Crippen LogP contribution >= 0.6 is 0 Å². The molecule has 5 rings (SSSR count). The Hall–Kier alpha value is -4.38. The summed E-state index contributed by atoms with van der Waals surface area (Å²) in [5.41, 5.74) is 0.975. The standard InChI is InChI=1S/C32H34F3N5O4Si/c1-32(17-43-18-32)16-38-31(41)39-23-12-25(34)29(26(35)13-23)44-27-5-6-37-30-28(27)24(21-9-20(14-36)10-22(33)11-21)15-40(30)19-42-7-8-45(2,3)4/h5-6,9-13,15H,7-8,16-19H2,1-4H3,(H2,38,39,41). The average molecular weight is 638 g/mol. The maximum atomic E-state index is 15.3. The zero-order valence-corrected chi connectivity index (χ0v) is 26.5. The Balaban J connectivity index is 1.46. The predicted octanol–water partition coefficient (Wildman–Crippen LogP) is 7.25. The number of nitrogens with one attached hydrogen (secondary N) is 2. The number of hydrogen-bond acceptors (Lipinski definition) is 6. The van der Waals surface area contributed by atoms with Crippen molar-refractivity contribution in [3.63, 3.8) is 0 Å². The molecule has 0 radical (unpaired) electrons.